The Balaban J connectivity index is 1.83. The molecule has 2 heterocycles. The zero-order valence-electron chi connectivity index (χ0n) is 18.1. The van der Waals surface area contributed by atoms with E-state index in [9.17, 15) is 10.1 Å². The SMILES string of the molecule is CCOc1ccc(-c2c(C)sc3nc(C)nc(Nc4ccc(OC)c([N+](=O)[O-])c4)c23)cc1. The molecule has 0 radical (unpaired) electrons. The number of thiophene rings is 1. The summed E-state index contributed by atoms with van der Waals surface area (Å²) >= 11 is 1.59. The maximum Gasteiger partial charge on any atom is 0.312 e. The number of ether oxygens (including phenoxy) is 2. The molecule has 1 N–H and O–H groups in total. The van der Waals surface area contributed by atoms with Crippen molar-refractivity contribution in [2.45, 2.75) is 20.8 Å². The molecule has 0 spiro atoms. The summed E-state index contributed by atoms with van der Waals surface area (Å²) in [7, 11) is 1.41. The first-order chi connectivity index (χ1) is 15.4. The van der Waals surface area contributed by atoms with E-state index in [1.807, 2.05) is 38.1 Å². The number of nitrogens with zero attached hydrogens (tertiary/aromatic N) is 3. The highest BCUT2D eigenvalue weighted by Crippen LogP contribution is 2.42. The number of anilines is 2. The van der Waals surface area contributed by atoms with Crippen molar-refractivity contribution in [1.29, 1.82) is 0 Å². The molecule has 4 rings (SSSR count). The lowest BCUT2D eigenvalue weighted by Crippen LogP contribution is -2.00. The van der Waals surface area contributed by atoms with Crippen LogP contribution in [0.25, 0.3) is 21.3 Å². The van der Waals surface area contributed by atoms with Gasteiger partial charge in [0.2, 0.25) is 0 Å². The molecule has 2 aromatic carbocycles. The van der Waals surface area contributed by atoms with Crippen LogP contribution in [0.3, 0.4) is 0 Å². The first-order valence-corrected chi connectivity index (χ1v) is 10.8. The Labute approximate surface area is 189 Å². The molecule has 0 saturated heterocycles. The Morgan fingerprint density at radius 1 is 1.12 bits per heavy atom. The zero-order chi connectivity index (χ0) is 22.8. The van der Waals surface area contributed by atoms with E-state index in [1.165, 1.54) is 13.2 Å². The Bertz CT molecular complexity index is 1300. The second-order valence-corrected chi connectivity index (χ2v) is 8.26. The quantitative estimate of drug-likeness (QED) is 0.271. The minimum Gasteiger partial charge on any atom is -0.494 e. The number of benzene rings is 2. The summed E-state index contributed by atoms with van der Waals surface area (Å²) in [6.45, 7) is 6.43. The van der Waals surface area contributed by atoms with Crippen LogP contribution in [-0.4, -0.2) is 28.6 Å². The van der Waals surface area contributed by atoms with Crippen LogP contribution in [0.5, 0.6) is 11.5 Å². The van der Waals surface area contributed by atoms with Crippen LogP contribution < -0.4 is 14.8 Å². The second-order valence-electron chi connectivity index (χ2n) is 7.06. The highest BCUT2D eigenvalue weighted by Gasteiger charge is 2.20. The fourth-order valence-electron chi connectivity index (χ4n) is 3.59. The van der Waals surface area contributed by atoms with Gasteiger partial charge in [0.05, 0.1) is 24.0 Å². The number of nitrogens with one attached hydrogen (secondary N) is 1. The molecule has 0 fully saturated rings. The van der Waals surface area contributed by atoms with E-state index >= 15 is 0 Å². The van der Waals surface area contributed by atoms with Crippen molar-refractivity contribution in [3.05, 3.63) is 63.3 Å². The van der Waals surface area contributed by atoms with Crippen molar-refractivity contribution < 1.29 is 14.4 Å². The first-order valence-electron chi connectivity index (χ1n) is 10.0. The van der Waals surface area contributed by atoms with Crippen LogP contribution in [-0.2, 0) is 0 Å². The smallest absolute Gasteiger partial charge is 0.312 e. The number of hydrogen-bond acceptors (Lipinski definition) is 8. The fraction of sp³-hybridized carbons (Fsp3) is 0.217. The summed E-state index contributed by atoms with van der Waals surface area (Å²) in [5.74, 6) is 2.22. The van der Waals surface area contributed by atoms with E-state index in [0.717, 1.165) is 32.0 Å². The third kappa shape index (κ3) is 4.06. The van der Waals surface area contributed by atoms with Crippen LogP contribution in [0, 0.1) is 24.0 Å². The molecule has 2 aromatic heterocycles. The standard InChI is InChI=1S/C23H22N4O4S/c1-5-31-17-9-6-15(7-10-17)20-13(2)32-23-21(20)22(24-14(3)25-23)26-16-8-11-19(30-4)18(12-16)27(28)29/h6-12H,5H2,1-4H3,(H,24,25,26). The van der Waals surface area contributed by atoms with E-state index in [1.54, 1.807) is 23.5 Å². The van der Waals surface area contributed by atoms with Gasteiger partial charge in [-0.3, -0.25) is 10.1 Å². The summed E-state index contributed by atoms with van der Waals surface area (Å²) < 4.78 is 10.7. The number of nitro benzene ring substituents is 1. The third-order valence-corrected chi connectivity index (χ3v) is 5.93. The van der Waals surface area contributed by atoms with Crippen LogP contribution in [0.1, 0.15) is 17.6 Å². The Hall–Kier alpha value is -3.72. The number of aromatic nitrogens is 2. The van der Waals surface area contributed by atoms with Crippen molar-refractivity contribution in [2.24, 2.45) is 0 Å². The van der Waals surface area contributed by atoms with E-state index in [0.29, 0.717) is 23.9 Å². The third-order valence-electron chi connectivity index (χ3n) is 4.93. The van der Waals surface area contributed by atoms with E-state index < -0.39 is 4.92 Å². The molecule has 32 heavy (non-hydrogen) atoms. The van der Waals surface area contributed by atoms with Crippen molar-refractivity contribution in [3.8, 4) is 22.6 Å². The summed E-state index contributed by atoms with van der Waals surface area (Å²) in [6.07, 6.45) is 0. The summed E-state index contributed by atoms with van der Waals surface area (Å²) in [5.41, 5.74) is 2.47. The van der Waals surface area contributed by atoms with Crippen LogP contribution in [0.4, 0.5) is 17.2 Å². The normalized spacial score (nSPS) is 10.9. The maximum atomic E-state index is 11.4. The van der Waals surface area contributed by atoms with Gasteiger partial charge in [-0.15, -0.1) is 11.3 Å². The van der Waals surface area contributed by atoms with Gasteiger partial charge in [-0.2, -0.15) is 0 Å². The van der Waals surface area contributed by atoms with Gasteiger partial charge in [0.1, 0.15) is 22.2 Å². The molecule has 0 bridgehead atoms. The average molecular weight is 451 g/mol. The number of hydrogen-bond donors (Lipinski definition) is 1. The van der Waals surface area contributed by atoms with Crippen molar-refractivity contribution in [1.82, 2.24) is 9.97 Å². The molecule has 4 aromatic rings. The molecule has 9 heteroatoms. The molecule has 0 atom stereocenters. The van der Waals surface area contributed by atoms with Crippen molar-refractivity contribution in [2.75, 3.05) is 19.0 Å². The van der Waals surface area contributed by atoms with E-state index in [-0.39, 0.29) is 11.4 Å². The summed E-state index contributed by atoms with van der Waals surface area (Å²) in [5, 5.41) is 15.6. The van der Waals surface area contributed by atoms with Gasteiger partial charge in [-0.1, -0.05) is 12.1 Å². The zero-order valence-corrected chi connectivity index (χ0v) is 18.9. The van der Waals surface area contributed by atoms with Gasteiger partial charge in [0, 0.05) is 22.2 Å². The summed E-state index contributed by atoms with van der Waals surface area (Å²) in [6, 6.07) is 12.6. The molecule has 0 unspecified atom stereocenters. The predicted octanol–water partition coefficient (Wildman–Crippen LogP) is 6.03. The molecule has 0 saturated carbocycles. The van der Waals surface area contributed by atoms with Crippen molar-refractivity contribution in [3.63, 3.8) is 0 Å². The molecule has 0 amide bonds. The van der Waals surface area contributed by atoms with Gasteiger partial charge >= 0.3 is 5.69 Å². The highest BCUT2D eigenvalue weighted by atomic mass is 32.1. The van der Waals surface area contributed by atoms with Gasteiger partial charge in [0.25, 0.3) is 0 Å². The van der Waals surface area contributed by atoms with Crippen molar-refractivity contribution >= 4 is 38.7 Å². The molecule has 0 aliphatic carbocycles. The number of methoxy groups -OCH3 is 1. The average Bonchev–Trinajstić information content (AvgIpc) is 3.10. The van der Waals surface area contributed by atoms with Crippen LogP contribution >= 0.6 is 11.3 Å². The van der Waals surface area contributed by atoms with E-state index in [4.69, 9.17) is 9.47 Å². The molecule has 0 aliphatic heterocycles. The largest absolute Gasteiger partial charge is 0.494 e. The first kappa shape index (κ1) is 21.5. The number of nitro groups is 1. The number of rotatable bonds is 7. The Morgan fingerprint density at radius 3 is 2.53 bits per heavy atom. The Kier molecular flexibility index (Phi) is 5.91. The number of aryl methyl sites for hydroxylation is 2. The van der Waals surface area contributed by atoms with Crippen LogP contribution in [0.15, 0.2) is 42.5 Å². The van der Waals surface area contributed by atoms with Gasteiger partial charge in [-0.25, -0.2) is 9.97 Å². The van der Waals surface area contributed by atoms with Gasteiger partial charge < -0.3 is 14.8 Å². The Morgan fingerprint density at radius 2 is 1.88 bits per heavy atom. The lowest BCUT2D eigenvalue weighted by atomic mass is 10.0. The predicted molar refractivity (Wildman–Crippen MR) is 126 cm³/mol. The highest BCUT2D eigenvalue weighted by molar-refractivity contribution is 7.19. The topological polar surface area (TPSA) is 99.4 Å². The molecular weight excluding hydrogens is 428 g/mol. The lowest BCUT2D eigenvalue weighted by Gasteiger charge is -2.11. The van der Waals surface area contributed by atoms with Crippen LogP contribution in [0.2, 0.25) is 0 Å². The fourth-order valence-corrected chi connectivity index (χ4v) is 4.68. The monoisotopic (exact) mass is 450 g/mol. The summed E-state index contributed by atoms with van der Waals surface area (Å²) in [4.78, 5) is 22.2. The lowest BCUT2D eigenvalue weighted by molar-refractivity contribution is -0.385. The molecular formula is C23H22N4O4S. The number of fused-ring (bicyclic) bond motifs is 1. The van der Waals surface area contributed by atoms with Gasteiger partial charge in [-0.05, 0) is 50.6 Å². The molecule has 8 nitrogen and oxygen atoms in total. The minimum absolute atomic E-state index is 0.118. The molecule has 0 aliphatic rings. The van der Waals surface area contributed by atoms with Gasteiger partial charge in [0.15, 0.2) is 5.75 Å². The second kappa shape index (κ2) is 8.80. The van der Waals surface area contributed by atoms with E-state index in [2.05, 4.69) is 22.2 Å². The molecule has 164 valence electrons. The maximum absolute atomic E-state index is 11.4. The minimum atomic E-state index is -0.467.